The fourth-order valence-electron chi connectivity index (χ4n) is 2.04. The Morgan fingerprint density at radius 3 is 2.12 bits per heavy atom. The van der Waals surface area contributed by atoms with Crippen molar-refractivity contribution >= 4 is 12.0 Å². The quantitative estimate of drug-likeness (QED) is 0.709. The topological polar surface area (TPSA) is 46.6 Å². The summed E-state index contributed by atoms with van der Waals surface area (Å²) in [6.45, 7) is 5.39. The van der Waals surface area contributed by atoms with Crippen LogP contribution in [-0.2, 0) is 9.53 Å². The van der Waals surface area contributed by atoms with Gasteiger partial charge in [0.05, 0.1) is 0 Å². The summed E-state index contributed by atoms with van der Waals surface area (Å²) in [6.07, 6.45) is 4.60. The molecule has 1 rings (SSSR count). The lowest BCUT2D eigenvalue weighted by Crippen LogP contribution is -2.41. The van der Waals surface area contributed by atoms with Crippen LogP contribution in [0.4, 0.5) is 4.79 Å². The van der Waals surface area contributed by atoms with Crippen LogP contribution in [0.25, 0.3) is 0 Å². The van der Waals surface area contributed by atoms with Gasteiger partial charge >= 0.3 is 6.09 Å². The Balaban J connectivity index is 2.53. The second kappa shape index (κ2) is 5.52. The predicted octanol–water partition coefficient (Wildman–Crippen LogP) is 2.96. The molecule has 0 saturated heterocycles. The number of rotatable bonds is 1. The van der Waals surface area contributed by atoms with E-state index in [9.17, 15) is 9.59 Å². The van der Waals surface area contributed by atoms with Gasteiger partial charge in [-0.1, -0.05) is 19.3 Å². The number of amides is 2. The molecule has 0 heterocycles. The second-order valence-corrected chi connectivity index (χ2v) is 5.71. The molecular weight excluding hydrogens is 218 g/mol. The monoisotopic (exact) mass is 241 g/mol. The van der Waals surface area contributed by atoms with Gasteiger partial charge in [-0.05, 0) is 33.6 Å². The van der Waals surface area contributed by atoms with Gasteiger partial charge in [0.1, 0.15) is 5.60 Å². The molecule has 0 bridgehead atoms. The summed E-state index contributed by atoms with van der Waals surface area (Å²) in [5.74, 6) is -0.0970. The smallest absolute Gasteiger partial charge is 0.416 e. The van der Waals surface area contributed by atoms with Gasteiger partial charge in [-0.25, -0.2) is 4.79 Å². The maximum Gasteiger partial charge on any atom is 0.416 e. The van der Waals surface area contributed by atoms with Crippen LogP contribution >= 0.6 is 0 Å². The minimum Gasteiger partial charge on any atom is -0.443 e. The van der Waals surface area contributed by atoms with Crippen molar-refractivity contribution in [2.45, 2.75) is 58.5 Å². The van der Waals surface area contributed by atoms with Gasteiger partial charge in [-0.3, -0.25) is 9.69 Å². The van der Waals surface area contributed by atoms with Crippen LogP contribution in [0.2, 0.25) is 0 Å². The Morgan fingerprint density at radius 1 is 1.12 bits per heavy atom. The van der Waals surface area contributed by atoms with E-state index in [4.69, 9.17) is 4.74 Å². The van der Waals surface area contributed by atoms with Crippen LogP contribution < -0.4 is 0 Å². The number of carbonyl (C=O) groups excluding carboxylic acids is 2. The van der Waals surface area contributed by atoms with Crippen molar-refractivity contribution in [3.05, 3.63) is 0 Å². The molecule has 0 atom stereocenters. The molecule has 0 unspecified atom stereocenters. The third kappa shape index (κ3) is 4.36. The minimum atomic E-state index is -0.557. The first-order chi connectivity index (χ1) is 7.81. The summed E-state index contributed by atoms with van der Waals surface area (Å²) >= 11 is 0. The van der Waals surface area contributed by atoms with Crippen molar-refractivity contribution < 1.29 is 14.3 Å². The van der Waals surface area contributed by atoms with Gasteiger partial charge < -0.3 is 4.74 Å². The average molecular weight is 241 g/mol. The predicted molar refractivity (Wildman–Crippen MR) is 65.6 cm³/mol. The molecule has 4 heteroatoms. The maximum absolute atomic E-state index is 12.1. The van der Waals surface area contributed by atoms with Gasteiger partial charge in [0.2, 0.25) is 5.91 Å². The molecule has 0 radical (unpaired) electrons. The molecule has 0 N–H and O–H groups in total. The molecule has 0 aromatic heterocycles. The van der Waals surface area contributed by atoms with Crippen molar-refractivity contribution in [3.63, 3.8) is 0 Å². The average Bonchev–Trinajstić information content (AvgIpc) is 2.26. The normalized spacial score (nSPS) is 17.6. The zero-order chi connectivity index (χ0) is 13.1. The summed E-state index contributed by atoms with van der Waals surface area (Å²) in [7, 11) is 1.50. The highest BCUT2D eigenvalue weighted by molar-refractivity contribution is 5.93. The highest BCUT2D eigenvalue weighted by atomic mass is 16.6. The number of nitrogens with zero attached hydrogens (tertiary/aromatic N) is 1. The lowest BCUT2D eigenvalue weighted by molar-refractivity contribution is -0.134. The number of ether oxygens (including phenoxy) is 1. The van der Waals surface area contributed by atoms with Gasteiger partial charge in [0.15, 0.2) is 0 Å². The van der Waals surface area contributed by atoms with E-state index in [1.807, 2.05) is 0 Å². The highest BCUT2D eigenvalue weighted by Gasteiger charge is 2.29. The van der Waals surface area contributed by atoms with Crippen molar-refractivity contribution in [2.24, 2.45) is 5.92 Å². The maximum atomic E-state index is 12.1. The molecule has 0 aliphatic heterocycles. The standard InChI is InChI=1S/C13H23NO3/c1-13(2,3)17-12(16)14(4)11(15)10-8-6-5-7-9-10/h10H,5-9H2,1-4H3. The minimum absolute atomic E-state index is 0.00117. The lowest BCUT2D eigenvalue weighted by Gasteiger charge is -2.27. The summed E-state index contributed by atoms with van der Waals surface area (Å²) in [4.78, 5) is 24.9. The van der Waals surface area contributed by atoms with Crippen LogP contribution in [0.15, 0.2) is 0 Å². The first-order valence-electron chi connectivity index (χ1n) is 6.32. The van der Waals surface area contributed by atoms with Crippen LogP contribution in [0.5, 0.6) is 0 Å². The fraction of sp³-hybridized carbons (Fsp3) is 0.846. The molecule has 1 fully saturated rings. The van der Waals surface area contributed by atoms with E-state index in [1.165, 1.54) is 13.5 Å². The molecule has 1 aliphatic carbocycles. The lowest BCUT2D eigenvalue weighted by atomic mass is 9.88. The van der Waals surface area contributed by atoms with Gasteiger partial charge in [0.25, 0.3) is 0 Å². The first-order valence-corrected chi connectivity index (χ1v) is 6.32. The molecule has 1 saturated carbocycles. The third-order valence-electron chi connectivity index (χ3n) is 2.95. The van der Waals surface area contributed by atoms with Crippen molar-refractivity contribution in [1.29, 1.82) is 0 Å². The number of carbonyl (C=O) groups is 2. The number of hydrogen-bond acceptors (Lipinski definition) is 3. The first kappa shape index (κ1) is 14.0. The van der Waals surface area contributed by atoms with E-state index in [-0.39, 0.29) is 11.8 Å². The Morgan fingerprint density at radius 2 is 1.65 bits per heavy atom. The van der Waals surface area contributed by atoms with Crippen molar-refractivity contribution in [2.75, 3.05) is 7.05 Å². The Labute approximate surface area is 103 Å². The van der Waals surface area contributed by atoms with E-state index in [0.29, 0.717) is 0 Å². The van der Waals surface area contributed by atoms with Crippen LogP contribution in [0, 0.1) is 5.92 Å². The van der Waals surface area contributed by atoms with Crippen molar-refractivity contribution in [3.8, 4) is 0 Å². The van der Waals surface area contributed by atoms with E-state index >= 15 is 0 Å². The summed E-state index contributed by atoms with van der Waals surface area (Å²) < 4.78 is 5.18. The number of hydrogen-bond donors (Lipinski definition) is 0. The molecule has 4 nitrogen and oxygen atoms in total. The molecule has 0 spiro atoms. The van der Waals surface area contributed by atoms with Crippen molar-refractivity contribution in [1.82, 2.24) is 4.90 Å². The summed E-state index contributed by atoms with van der Waals surface area (Å²) in [6, 6.07) is 0. The van der Waals surface area contributed by atoms with E-state index in [2.05, 4.69) is 0 Å². The molecule has 0 aromatic rings. The highest BCUT2D eigenvalue weighted by Crippen LogP contribution is 2.25. The Bertz CT molecular complexity index is 288. The summed E-state index contributed by atoms with van der Waals surface area (Å²) in [5.41, 5.74) is -0.557. The Hall–Kier alpha value is -1.06. The van der Waals surface area contributed by atoms with Crippen LogP contribution in [-0.4, -0.2) is 29.5 Å². The Kier molecular flexibility index (Phi) is 4.54. The number of imide groups is 1. The fourth-order valence-corrected chi connectivity index (χ4v) is 2.04. The van der Waals surface area contributed by atoms with Crippen LogP contribution in [0.1, 0.15) is 52.9 Å². The summed E-state index contributed by atoms with van der Waals surface area (Å²) in [5, 5.41) is 0. The molecular formula is C13H23NO3. The largest absolute Gasteiger partial charge is 0.443 e. The molecule has 1 aliphatic rings. The van der Waals surface area contributed by atoms with Gasteiger partial charge in [0, 0.05) is 13.0 Å². The third-order valence-corrected chi connectivity index (χ3v) is 2.95. The van der Waals surface area contributed by atoms with Gasteiger partial charge in [-0.15, -0.1) is 0 Å². The molecule has 2 amide bonds. The second-order valence-electron chi connectivity index (χ2n) is 5.71. The zero-order valence-corrected chi connectivity index (χ0v) is 11.3. The van der Waals surface area contributed by atoms with E-state index < -0.39 is 11.7 Å². The van der Waals surface area contributed by atoms with E-state index in [0.717, 1.165) is 30.6 Å². The SMILES string of the molecule is CN(C(=O)OC(C)(C)C)C(=O)C1CCCCC1. The zero-order valence-electron chi connectivity index (χ0n) is 11.3. The van der Waals surface area contributed by atoms with Crippen LogP contribution in [0.3, 0.4) is 0 Å². The van der Waals surface area contributed by atoms with E-state index in [1.54, 1.807) is 20.8 Å². The molecule has 98 valence electrons. The molecule has 17 heavy (non-hydrogen) atoms. The van der Waals surface area contributed by atoms with Gasteiger partial charge in [-0.2, -0.15) is 0 Å². The molecule has 0 aromatic carbocycles.